The molecule has 1 saturated heterocycles. The number of aromatic nitrogens is 2. The van der Waals surface area contributed by atoms with Crippen molar-refractivity contribution in [3.05, 3.63) is 58.6 Å². The molecule has 1 aromatic carbocycles. The van der Waals surface area contributed by atoms with Crippen LogP contribution < -0.4 is 11.0 Å². The molecule has 0 radical (unpaired) electrons. The fraction of sp³-hybridized carbons (Fsp3) is 0.312. The van der Waals surface area contributed by atoms with Crippen LogP contribution in [0.2, 0.25) is 0 Å². The standard InChI is InChI=1S/C16H13F3IN3O6S/c17-16(18,19)30(26,27)29-10-8-12(28-13(10)20)23-7-6-11(22-15(23)25)21-14(24)9-4-2-1-3-5-9/h1-7,10,12-13H,8H2,(H,21,22,24,25)/t10-,12-,13-/m0/s1. The third kappa shape index (κ3) is 4.98. The van der Waals surface area contributed by atoms with Crippen LogP contribution in [-0.4, -0.2) is 39.6 Å². The number of nitrogens with one attached hydrogen (secondary N) is 1. The molecule has 3 atom stereocenters. The van der Waals surface area contributed by atoms with Crippen LogP contribution in [0.1, 0.15) is 23.0 Å². The summed E-state index contributed by atoms with van der Waals surface area (Å²) < 4.78 is 69.4. The van der Waals surface area contributed by atoms with E-state index in [4.69, 9.17) is 4.74 Å². The molecule has 0 aliphatic carbocycles. The molecule has 1 aliphatic rings. The number of carbonyl (C=O) groups excluding carboxylic acids is 1. The van der Waals surface area contributed by atoms with E-state index in [1.54, 1.807) is 52.9 Å². The van der Waals surface area contributed by atoms with Crippen molar-refractivity contribution in [2.75, 3.05) is 5.32 Å². The van der Waals surface area contributed by atoms with E-state index in [2.05, 4.69) is 14.5 Å². The molecule has 14 heteroatoms. The zero-order valence-electron chi connectivity index (χ0n) is 14.7. The maximum absolute atomic E-state index is 12.5. The molecule has 2 aromatic rings. The topological polar surface area (TPSA) is 117 Å². The summed E-state index contributed by atoms with van der Waals surface area (Å²) >= 11 is 1.57. The first-order valence-corrected chi connectivity index (χ1v) is 10.9. The SMILES string of the molecule is O=C(Nc1ccn([C@@H]2C[C@H](OS(=O)(=O)C(F)(F)F)[C@@H](I)O2)c(=O)n1)c1ccccc1. The van der Waals surface area contributed by atoms with E-state index in [-0.39, 0.29) is 12.2 Å². The molecule has 0 spiro atoms. The Labute approximate surface area is 181 Å². The Hall–Kier alpha value is -2.04. The van der Waals surface area contributed by atoms with Crippen LogP contribution in [0.15, 0.2) is 47.4 Å². The average Bonchev–Trinajstić information content (AvgIpc) is 3.01. The van der Waals surface area contributed by atoms with Crippen LogP contribution in [-0.2, 0) is 19.0 Å². The minimum Gasteiger partial charge on any atom is -0.341 e. The number of ether oxygens (including phenoxy) is 1. The highest BCUT2D eigenvalue weighted by atomic mass is 127. The molecular formula is C16H13F3IN3O6S. The third-order valence-electron chi connectivity index (χ3n) is 3.96. The highest BCUT2D eigenvalue weighted by molar-refractivity contribution is 14.1. The smallest absolute Gasteiger partial charge is 0.341 e. The number of amides is 1. The molecule has 3 rings (SSSR count). The molecule has 2 heterocycles. The number of rotatable bonds is 5. The second-order valence-corrected chi connectivity index (χ2v) is 8.83. The lowest BCUT2D eigenvalue weighted by molar-refractivity contribution is -0.0578. The minimum absolute atomic E-state index is 0.0402. The normalized spacial score (nSPS) is 22.1. The molecule has 9 nitrogen and oxygen atoms in total. The van der Waals surface area contributed by atoms with Crippen LogP contribution >= 0.6 is 22.6 Å². The fourth-order valence-electron chi connectivity index (χ4n) is 2.56. The zero-order valence-corrected chi connectivity index (χ0v) is 17.7. The molecule has 0 unspecified atom stereocenters. The predicted octanol–water partition coefficient (Wildman–Crippen LogP) is 2.41. The molecule has 1 fully saturated rings. The van der Waals surface area contributed by atoms with Crippen molar-refractivity contribution in [1.82, 2.24) is 9.55 Å². The van der Waals surface area contributed by atoms with Gasteiger partial charge in [-0.2, -0.15) is 26.6 Å². The van der Waals surface area contributed by atoms with Gasteiger partial charge in [-0.05, 0) is 40.8 Å². The summed E-state index contributed by atoms with van der Waals surface area (Å²) in [6.45, 7) is 0. The molecule has 1 amide bonds. The number of carbonyl (C=O) groups is 1. The van der Waals surface area contributed by atoms with Gasteiger partial charge in [0.15, 0.2) is 0 Å². The summed E-state index contributed by atoms with van der Waals surface area (Å²) in [5.41, 5.74) is -6.08. The van der Waals surface area contributed by atoms with Gasteiger partial charge in [-0.25, -0.2) is 4.79 Å². The lowest BCUT2D eigenvalue weighted by Gasteiger charge is -2.14. The Kier molecular flexibility index (Phi) is 6.49. The number of halogens is 4. The van der Waals surface area contributed by atoms with E-state index in [9.17, 15) is 31.2 Å². The average molecular weight is 559 g/mol. The first-order valence-electron chi connectivity index (χ1n) is 8.22. The lowest BCUT2D eigenvalue weighted by Crippen LogP contribution is -2.32. The van der Waals surface area contributed by atoms with Crippen LogP contribution in [0.25, 0.3) is 0 Å². The highest BCUT2D eigenvalue weighted by Crippen LogP contribution is 2.37. The zero-order chi connectivity index (χ0) is 22.1. The van der Waals surface area contributed by atoms with E-state index in [0.29, 0.717) is 5.56 Å². The van der Waals surface area contributed by atoms with E-state index in [1.807, 2.05) is 0 Å². The van der Waals surface area contributed by atoms with E-state index < -0.39 is 43.7 Å². The maximum atomic E-state index is 12.5. The Morgan fingerprint density at radius 2 is 1.93 bits per heavy atom. The molecule has 1 aromatic heterocycles. The van der Waals surface area contributed by atoms with E-state index in [1.165, 1.54) is 12.3 Å². The van der Waals surface area contributed by atoms with Gasteiger partial charge in [0.1, 0.15) is 22.3 Å². The summed E-state index contributed by atoms with van der Waals surface area (Å²) in [7, 11) is -5.81. The van der Waals surface area contributed by atoms with Crippen LogP contribution in [0.4, 0.5) is 19.0 Å². The number of hydrogen-bond acceptors (Lipinski definition) is 7. The monoisotopic (exact) mass is 559 g/mol. The van der Waals surface area contributed by atoms with E-state index >= 15 is 0 Å². The van der Waals surface area contributed by atoms with Gasteiger partial charge in [0.05, 0.1) is 0 Å². The second kappa shape index (κ2) is 8.60. The van der Waals surface area contributed by atoms with Gasteiger partial charge in [-0.1, -0.05) is 18.2 Å². The Morgan fingerprint density at radius 1 is 1.27 bits per heavy atom. The van der Waals surface area contributed by atoms with Crippen molar-refractivity contribution < 1.29 is 35.3 Å². The molecule has 0 saturated carbocycles. The molecule has 0 bridgehead atoms. The summed E-state index contributed by atoms with van der Waals surface area (Å²) in [5, 5.41) is 2.45. The van der Waals surface area contributed by atoms with Gasteiger partial charge in [-0.3, -0.25) is 13.5 Å². The molecular weight excluding hydrogens is 546 g/mol. The van der Waals surface area contributed by atoms with Gasteiger partial charge in [-0.15, -0.1) is 0 Å². The molecule has 30 heavy (non-hydrogen) atoms. The molecule has 1 aliphatic heterocycles. The first kappa shape index (κ1) is 22.6. The second-order valence-electron chi connectivity index (χ2n) is 6.03. The number of nitrogens with zero attached hydrogens (tertiary/aromatic N) is 2. The largest absolute Gasteiger partial charge is 0.523 e. The fourth-order valence-corrected chi connectivity index (χ4v) is 4.15. The maximum Gasteiger partial charge on any atom is 0.523 e. The Morgan fingerprint density at radius 3 is 2.53 bits per heavy atom. The number of anilines is 1. The van der Waals surface area contributed by atoms with Gasteiger partial charge < -0.3 is 10.1 Å². The van der Waals surface area contributed by atoms with Crippen molar-refractivity contribution in [1.29, 1.82) is 0 Å². The first-order chi connectivity index (χ1) is 14.0. The van der Waals surface area contributed by atoms with Crippen molar-refractivity contribution in [2.24, 2.45) is 0 Å². The van der Waals surface area contributed by atoms with Gasteiger partial charge in [0, 0.05) is 18.2 Å². The molecule has 162 valence electrons. The van der Waals surface area contributed by atoms with Gasteiger partial charge in [0.2, 0.25) is 0 Å². The minimum atomic E-state index is -5.81. The van der Waals surface area contributed by atoms with E-state index in [0.717, 1.165) is 4.57 Å². The lowest BCUT2D eigenvalue weighted by atomic mass is 10.2. The Balaban J connectivity index is 1.71. The van der Waals surface area contributed by atoms with Gasteiger partial charge >= 0.3 is 21.3 Å². The summed E-state index contributed by atoms with van der Waals surface area (Å²) in [5.74, 6) is -0.530. The number of benzene rings is 1. The summed E-state index contributed by atoms with van der Waals surface area (Å²) in [6.07, 6.45) is -1.66. The van der Waals surface area contributed by atoms with Gasteiger partial charge in [0.25, 0.3) is 5.91 Å². The van der Waals surface area contributed by atoms with Crippen molar-refractivity contribution in [3.63, 3.8) is 0 Å². The highest BCUT2D eigenvalue weighted by Gasteiger charge is 2.51. The van der Waals surface area contributed by atoms with Crippen molar-refractivity contribution in [3.8, 4) is 0 Å². The predicted molar refractivity (Wildman–Crippen MR) is 105 cm³/mol. The number of alkyl halides is 4. The van der Waals surface area contributed by atoms with Crippen molar-refractivity contribution in [2.45, 2.75) is 28.4 Å². The third-order valence-corrected chi connectivity index (χ3v) is 6.13. The van der Waals surface area contributed by atoms with Crippen LogP contribution in [0.5, 0.6) is 0 Å². The van der Waals surface area contributed by atoms with Crippen LogP contribution in [0, 0.1) is 0 Å². The van der Waals surface area contributed by atoms with Crippen molar-refractivity contribution >= 4 is 44.4 Å². The summed E-state index contributed by atoms with van der Waals surface area (Å²) in [6, 6.07) is 9.49. The van der Waals surface area contributed by atoms with Crippen LogP contribution in [0.3, 0.4) is 0 Å². The Bertz CT molecular complexity index is 1090. The molecule has 1 N–H and O–H groups in total. The quantitative estimate of drug-likeness (QED) is 0.259. The number of hydrogen-bond donors (Lipinski definition) is 1. The summed E-state index contributed by atoms with van der Waals surface area (Å²) in [4.78, 5) is 28.1.